The highest BCUT2D eigenvalue weighted by atomic mass is 32.1. The number of nitrogens with one attached hydrogen (secondary N) is 2. The second-order valence-electron chi connectivity index (χ2n) is 5.60. The molecule has 1 saturated carbocycles. The summed E-state index contributed by atoms with van der Waals surface area (Å²) >= 11 is 1.42. The molecule has 2 N–H and O–H groups in total. The van der Waals surface area contributed by atoms with Gasteiger partial charge < -0.3 is 5.32 Å². The van der Waals surface area contributed by atoms with E-state index in [1.807, 2.05) is 24.6 Å². The van der Waals surface area contributed by atoms with Gasteiger partial charge in [-0.3, -0.25) is 10.1 Å². The molecule has 23 heavy (non-hydrogen) atoms. The molecule has 120 valence electrons. The minimum absolute atomic E-state index is 0.120. The summed E-state index contributed by atoms with van der Waals surface area (Å²) in [5, 5.41) is 8.34. The van der Waals surface area contributed by atoms with Gasteiger partial charge in [-0.25, -0.2) is 9.97 Å². The van der Waals surface area contributed by atoms with Crippen molar-refractivity contribution in [3.05, 3.63) is 41.5 Å². The molecule has 0 aliphatic heterocycles. The van der Waals surface area contributed by atoms with Crippen molar-refractivity contribution in [1.29, 1.82) is 0 Å². The Kier molecular flexibility index (Phi) is 5.02. The number of hydrogen-bond acceptors (Lipinski definition) is 5. The number of hydrogen-bond donors (Lipinski definition) is 2. The third-order valence-corrected chi connectivity index (χ3v) is 4.72. The highest BCUT2D eigenvalue weighted by Gasteiger charge is 2.19. The van der Waals surface area contributed by atoms with Crippen LogP contribution in [-0.4, -0.2) is 22.9 Å². The number of rotatable bonds is 5. The number of thiazole rings is 1. The summed E-state index contributed by atoms with van der Waals surface area (Å²) in [6.07, 6.45) is 10.3. The normalized spacial score (nSPS) is 15.6. The predicted molar refractivity (Wildman–Crippen MR) is 94.5 cm³/mol. The molecule has 0 radical (unpaired) electrons. The third-order valence-electron chi connectivity index (χ3n) is 4.03. The van der Waals surface area contributed by atoms with Crippen molar-refractivity contribution < 1.29 is 4.79 Å². The average Bonchev–Trinajstić information content (AvgIpc) is 3.26. The van der Waals surface area contributed by atoms with Crippen LogP contribution in [0.1, 0.15) is 31.2 Å². The first-order valence-corrected chi connectivity index (χ1v) is 8.71. The molecular formula is C17H20N4OS. The highest BCUT2D eigenvalue weighted by Crippen LogP contribution is 2.30. The number of anilines is 2. The smallest absolute Gasteiger partial charge is 0.257 e. The van der Waals surface area contributed by atoms with E-state index < -0.39 is 0 Å². The topological polar surface area (TPSA) is 66.9 Å². The van der Waals surface area contributed by atoms with Gasteiger partial charge in [0.1, 0.15) is 5.82 Å². The Labute approximate surface area is 139 Å². The SMILES string of the molecule is CNc1ccc(/C(=C\C2CCCC2)C(=O)Nc2nccs2)cn1. The molecule has 1 fully saturated rings. The second-order valence-corrected chi connectivity index (χ2v) is 6.49. The Hall–Kier alpha value is -2.21. The molecule has 0 unspecified atom stereocenters. The molecule has 2 aromatic heterocycles. The lowest BCUT2D eigenvalue weighted by Gasteiger charge is -2.11. The molecule has 1 aliphatic rings. The average molecular weight is 328 g/mol. The van der Waals surface area contributed by atoms with Crippen LogP contribution in [0.15, 0.2) is 36.0 Å². The second kappa shape index (κ2) is 7.37. The lowest BCUT2D eigenvalue weighted by Crippen LogP contribution is -2.14. The summed E-state index contributed by atoms with van der Waals surface area (Å²) in [6.45, 7) is 0. The van der Waals surface area contributed by atoms with Crippen LogP contribution in [0.2, 0.25) is 0 Å². The Morgan fingerprint density at radius 1 is 1.30 bits per heavy atom. The van der Waals surface area contributed by atoms with Crippen LogP contribution in [-0.2, 0) is 4.79 Å². The van der Waals surface area contributed by atoms with Crippen molar-refractivity contribution in [2.45, 2.75) is 25.7 Å². The van der Waals surface area contributed by atoms with E-state index in [0.717, 1.165) is 24.2 Å². The molecule has 5 nitrogen and oxygen atoms in total. The van der Waals surface area contributed by atoms with Gasteiger partial charge >= 0.3 is 0 Å². The fraction of sp³-hybridized carbons (Fsp3) is 0.353. The van der Waals surface area contributed by atoms with Crippen molar-refractivity contribution in [1.82, 2.24) is 9.97 Å². The summed E-state index contributed by atoms with van der Waals surface area (Å²) in [5.74, 6) is 1.14. The van der Waals surface area contributed by atoms with E-state index in [0.29, 0.717) is 16.6 Å². The van der Waals surface area contributed by atoms with Crippen LogP contribution in [0.25, 0.3) is 5.57 Å². The van der Waals surface area contributed by atoms with Crippen LogP contribution in [0, 0.1) is 5.92 Å². The van der Waals surface area contributed by atoms with Gasteiger partial charge in [-0.05, 0) is 30.9 Å². The van der Waals surface area contributed by atoms with E-state index in [-0.39, 0.29) is 5.91 Å². The molecule has 3 rings (SSSR count). The van der Waals surface area contributed by atoms with Gasteiger partial charge in [-0.15, -0.1) is 11.3 Å². The number of pyridine rings is 1. The van der Waals surface area contributed by atoms with E-state index in [9.17, 15) is 4.79 Å². The highest BCUT2D eigenvalue weighted by molar-refractivity contribution is 7.13. The molecule has 2 heterocycles. The summed E-state index contributed by atoms with van der Waals surface area (Å²) in [7, 11) is 1.83. The van der Waals surface area contributed by atoms with Crippen molar-refractivity contribution in [3.63, 3.8) is 0 Å². The van der Waals surface area contributed by atoms with Gasteiger partial charge in [-0.1, -0.05) is 18.9 Å². The van der Waals surface area contributed by atoms with Gasteiger partial charge in [0.05, 0.1) is 0 Å². The van der Waals surface area contributed by atoms with E-state index in [2.05, 4.69) is 26.7 Å². The van der Waals surface area contributed by atoms with Crippen LogP contribution in [0.3, 0.4) is 0 Å². The summed E-state index contributed by atoms with van der Waals surface area (Å²) in [5.41, 5.74) is 1.52. The van der Waals surface area contributed by atoms with Crippen LogP contribution < -0.4 is 10.6 Å². The fourth-order valence-corrected chi connectivity index (χ4v) is 3.34. The Balaban J connectivity index is 1.87. The quantitative estimate of drug-likeness (QED) is 0.820. The lowest BCUT2D eigenvalue weighted by atomic mass is 9.99. The lowest BCUT2D eigenvalue weighted by molar-refractivity contribution is -0.111. The molecule has 1 aliphatic carbocycles. The van der Waals surface area contributed by atoms with Crippen LogP contribution in [0.5, 0.6) is 0 Å². The van der Waals surface area contributed by atoms with E-state index >= 15 is 0 Å². The molecule has 2 aromatic rings. The maximum absolute atomic E-state index is 12.7. The predicted octanol–water partition coefficient (Wildman–Crippen LogP) is 3.79. The zero-order chi connectivity index (χ0) is 16.1. The molecule has 0 saturated heterocycles. The van der Waals surface area contributed by atoms with Crippen molar-refractivity contribution in [2.75, 3.05) is 17.7 Å². The van der Waals surface area contributed by atoms with Gasteiger partial charge in [0.2, 0.25) is 0 Å². The first-order valence-electron chi connectivity index (χ1n) is 7.83. The Morgan fingerprint density at radius 3 is 2.74 bits per heavy atom. The van der Waals surface area contributed by atoms with E-state index in [1.165, 1.54) is 24.2 Å². The Morgan fingerprint density at radius 2 is 2.13 bits per heavy atom. The fourth-order valence-electron chi connectivity index (χ4n) is 2.81. The Bertz CT molecular complexity index is 673. The number of aromatic nitrogens is 2. The third kappa shape index (κ3) is 3.96. The van der Waals surface area contributed by atoms with Crippen molar-refractivity contribution >= 4 is 33.8 Å². The molecular weight excluding hydrogens is 308 g/mol. The van der Waals surface area contributed by atoms with Gasteiger partial charge in [-0.2, -0.15) is 0 Å². The van der Waals surface area contributed by atoms with Gasteiger partial charge in [0.15, 0.2) is 5.13 Å². The monoisotopic (exact) mass is 328 g/mol. The number of carbonyl (C=O) groups excluding carboxylic acids is 1. The zero-order valence-corrected chi connectivity index (χ0v) is 13.9. The summed E-state index contributed by atoms with van der Waals surface area (Å²) in [6, 6.07) is 3.82. The first-order chi connectivity index (χ1) is 11.3. The molecule has 6 heteroatoms. The van der Waals surface area contributed by atoms with Crippen molar-refractivity contribution in [3.8, 4) is 0 Å². The van der Waals surface area contributed by atoms with Crippen LogP contribution >= 0.6 is 11.3 Å². The van der Waals surface area contributed by atoms with Gasteiger partial charge in [0, 0.05) is 36.0 Å². The molecule has 0 aromatic carbocycles. The number of allylic oxidation sites excluding steroid dienone is 1. The standard InChI is InChI=1S/C17H20N4OS/c1-18-15-7-6-13(11-20-15)14(10-12-4-2-3-5-12)16(22)21-17-19-8-9-23-17/h6-12H,2-5H2,1H3,(H,18,20)(H,19,21,22)/b14-10+. The largest absolute Gasteiger partial charge is 0.373 e. The van der Waals surface area contributed by atoms with Crippen LogP contribution in [0.4, 0.5) is 10.9 Å². The summed E-state index contributed by atoms with van der Waals surface area (Å²) in [4.78, 5) is 21.1. The molecule has 0 spiro atoms. The van der Waals surface area contributed by atoms with E-state index in [4.69, 9.17) is 0 Å². The minimum Gasteiger partial charge on any atom is -0.373 e. The molecule has 0 atom stereocenters. The maximum atomic E-state index is 12.7. The first kappa shape index (κ1) is 15.7. The minimum atomic E-state index is -0.120. The maximum Gasteiger partial charge on any atom is 0.257 e. The van der Waals surface area contributed by atoms with E-state index in [1.54, 1.807) is 12.4 Å². The van der Waals surface area contributed by atoms with Gasteiger partial charge in [0.25, 0.3) is 5.91 Å². The van der Waals surface area contributed by atoms with Crippen molar-refractivity contribution in [2.24, 2.45) is 5.92 Å². The summed E-state index contributed by atoms with van der Waals surface area (Å²) < 4.78 is 0. The number of amides is 1. The molecule has 0 bridgehead atoms. The number of nitrogens with zero attached hydrogens (tertiary/aromatic N) is 2. The zero-order valence-electron chi connectivity index (χ0n) is 13.1. The number of carbonyl (C=O) groups is 1. The molecule has 1 amide bonds.